The average Bonchev–Trinajstić information content (AvgIpc) is 3.00. The second kappa shape index (κ2) is 4.15. The van der Waals surface area contributed by atoms with Gasteiger partial charge in [0.2, 0.25) is 0 Å². The molecule has 4 heteroatoms. The maximum atomic E-state index is 4.73. The lowest BCUT2D eigenvalue weighted by molar-refractivity contribution is 1.08. The number of thiazole rings is 1. The number of hydrogen-bond acceptors (Lipinski definition) is 3. The van der Waals surface area contributed by atoms with Crippen LogP contribution in [0.4, 0.5) is 0 Å². The Morgan fingerprint density at radius 3 is 2.80 bits per heavy atom. The molecule has 0 fully saturated rings. The molecule has 20 heavy (non-hydrogen) atoms. The second-order valence-corrected chi connectivity index (χ2v) is 6.03. The molecule has 0 N–H and O–H groups in total. The van der Waals surface area contributed by atoms with Crippen molar-refractivity contribution in [2.45, 2.75) is 13.8 Å². The molecule has 3 heterocycles. The molecule has 0 bridgehead atoms. The van der Waals surface area contributed by atoms with Gasteiger partial charge in [0, 0.05) is 5.69 Å². The summed E-state index contributed by atoms with van der Waals surface area (Å²) in [5, 5.41) is 1.02. The summed E-state index contributed by atoms with van der Waals surface area (Å²) in [7, 11) is 0. The van der Waals surface area contributed by atoms with Crippen molar-refractivity contribution in [3.05, 3.63) is 53.9 Å². The van der Waals surface area contributed by atoms with Crippen molar-refractivity contribution < 1.29 is 0 Å². The lowest BCUT2D eigenvalue weighted by Gasteiger charge is -2.04. The number of para-hydroxylation sites is 1. The van der Waals surface area contributed by atoms with E-state index in [0.717, 1.165) is 21.9 Å². The van der Waals surface area contributed by atoms with Crippen molar-refractivity contribution in [2.24, 2.45) is 0 Å². The molecular formula is C16H13N3S. The molecule has 0 aliphatic heterocycles. The number of aromatic nitrogens is 3. The van der Waals surface area contributed by atoms with Crippen LogP contribution in [0.2, 0.25) is 0 Å². The molecule has 3 aromatic heterocycles. The third-order valence-corrected chi connectivity index (χ3v) is 4.51. The highest BCUT2D eigenvalue weighted by atomic mass is 32.1. The van der Waals surface area contributed by atoms with Crippen molar-refractivity contribution in [1.82, 2.24) is 14.4 Å². The number of fused-ring (bicyclic) bond motifs is 2. The van der Waals surface area contributed by atoms with Crippen LogP contribution in [0.15, 0.2) is 42.6 Å². The predicted molar refractivity (Wildman–Crippen MR) is 83.3 cm³/mol. The fourth-order valence-electron chi connectivity index (χ4n) is 2.61. The van der Waals surface area contributed by atoms with Crippen molar-refractivity contribution in [3.8, 4) is 10.7 Å². The number of pyridine rings is 1. The van der Waals surface area contributed by atoms with Gasteiger partial charge >= 0.3 is 0 Å². The SMILES string of the molecule is Cc1cc(C)n2c(-c3nc4ccccc4s3)cnc2c1. The molecular weight excluding hydrogens is 266 g/mol. The highest BCUT2D eigenvalue weighted by molar-refractivity contribution is 7.21. The van der Waals surface area contributed by atoms with Crippen molar-refractivity contribution in [2.75, 3.05) is 0 Å². The van der Waals surface area contributed by atoms with E-state index in [1.165, 1.54) is 16.0 Å². The minimum atomic E-state index is 0.983. The zero-order chi connectivity index (χ0) is 13.7. The molecule has 0 aliphatic carbocycles. The monoisotopic (exact) mass is 279 g/mol. The van der Waals surface area contributed by atoms with Gasteiger partial charge in [-0.25, -0.2) is 9.97 Å². The van der Waals surface area contributed by atoms with E-state index in [9.17, 15) is 0 Å². The van der Waals surface area contributed by atoms with Gasteiger partial charge in [0.25, 0.3) is 0 Å². The average molecular weight is 279 g/mol. The molecule has 98 valence electrons. The third-order valence-electron chi connectivity index (χ3n) is 3.45. The Bertz CT molecular complexity index is 900. The van der Waals surface area contributed by atoms with E-state index in [1.54, 1.807) is 11.3 Å². The topological polar surface area (TPSA) is 30.2 Å². The first-order valence-corrected chi connectivity index (χ1v) is 7.35. The van der Waals surface area contributed by atoms with Crippen molar-refractivity contribution >= 4 is 27.2 Å². The van der Waals surface area contributed by atoms with Gasteiger partial charge in [-0.15, -0.1) is 11.3 Å². The first-order valence-electron chi connectivity index (χ1n) is 6.53. The number of aryl methyl sites for hydroxylation is 2. The van der Waals surface area contributed by atoms with Crippen LogP contribution in [0.25, 0.3) is 26.6 Å². The van der Waals surface area contributed by atoms with E-state index in [4.69, 9.17) is 4.98 Å². The van der Waals surface area contributed by atoms with Gasteiger partial charge in [-0.05, 0) is 43.7 Å². The number of benzene rings is 1. The Hall–Kier alpha value is -2.20. The summed E-state index contributed by atoms with van der Waals surface area (Å²) in [5.41, 5.74) is 5.52. The molecule has 0 unspecified atom stereocenters. The summed E-state index contributed by atoms with van der Waals surface area (Å²) in [6.07, 6.45) is 1.92. The van der Waals surface area contributed by atoms with E-state index >= 15 is 0 Å². The van der Waals surface area contributed by atoms with Crippen LogP contribution in [0.5, 0.6) is 0 Å². The van der Waals surface area contributed by atoms with E-state index in [-0.39, 0.29) is 0 Å². The Balaban J connectivity index is 2.02. The summed E-state index contributed by atoms with van der Waals surface area (Å²) < 4.78 is 3.38. The maximum absolute atomic E-state index is 4.73. The van der Waals surface area contributed by atoms with Crippen molar-refractivity contribution in [1.29, 1.82) is 0 Å². The van der Waals surface area contributed by atoms with Crippen LogP contribution in [0, 0.1) is 13.8 Å². The van der Waals surface area contributed by atoms with Gasteiger partial charge in [-0.1, -0.05) is 12.1 Å². The summed E-state index contributed by atoms with van der Waals surface area (Å²) in [6, 6.07) is 12.5. The first kappa shape index (κ1) is 11.6. The number of rotatable bonds is 1. The van der Waals surface area contributed by atoms with Crippen molar-refractivity contribution in [3.63, 3.8) is 0 Å². The molecule has 1 aromatic carbocycles. The zero-order valence-corrected chi connectivity index (χ0v) is 12.1. The van der Waals surface area contributed by atoms with E-state index in [0.29, 0.717) is 0 Å². The lowest BCUT2D eigenvalue weighted by atomic mass is 10.2. The maximum Gasteiger partial charge on any atom is 0.143 e. The standard InChI is InChI=1S/C16H13N3S/c1-10-7-11(2)19-13(9-17-15(19)8-10)16-18-12-5-3-4-6-14(12)20-16/h3-9H,1-2H3. The molecule has 0 amide bonds. The van der Waals surface area contributed by atoms with Crippen LogP contribution in [0.3, 0.4) is 0 Å². The quantitative estimate of drug-likeness (QED) is 0.522. The Morgan fingerprint density at radius 2 is 1.95 bits per heavy atom. The minimum Gasteiger partial charge on any atom is -0.295 e. The molecule has 0 radical (unpaired) electrons. The smallest absolute Gasteiger partial charge is 0.143 e. The van der Waals surface area contributed by atoms with Crippen LogP contribution in [-0.4, -0.2) is 14.4 Å². The fourth-order valence-corrected chi connectivity index (χ4v) is 3.58. The molecule has 0 atom stereocenters. The van der Waals surface area contributed by atoms with Crippen LogP contribution in [0.1, 0.15) is 11.3 Å². The molecule has 0 saturated heterocycles. The molecule has 0 aliphatic rings. The van der Waals surface area contributed by atoms with Gasteiger partial charge in [-0.3, -0.25) is 4.40 Å². The highest BCUT2D eigenvalue weighted by Crippen LogP contribution is 2.31. The fraction of sp³-hybridized carbons (Fsp3) is 0.125. The number of nitrogens with zero attached hydrogens (tertiary/aromatic N) is 3. The zero-order valence-electron chi connectivity index (χ0n) is 11.3. The molecule has 0 spiro atoms. The summed E-state index contributed by atoms with van der Waals surface area (Å²) in [6.45, 7) is 4.21. The van der Waals surface area contributed by atoms with Gasteiger partial charge in [0.15, 0.2) is 0 Å². The van der Waals surface area contributed by atoms with Gasteiger partial charge in [0.1, 0.15) is 16.3 Å². The molecule has 4 rings (SSSR count). The van der Waals surface area contributed by atoms with Crippen LogP contribution < -0.4 is 0 Å². The number of hydrogen-bond donors (Lipinski definition) is 0. The Labute approximate surface area is 120 Å². The molecule has 0 saturated carbocycles. The van der Waals surface area contributed by atoms with E-state index in [1.807, 2.05) is 18.3 Å². The molecule has 4 aromatic rings. The van der Waals surface area contributed by atoms with E-state index < -0.39 is 0 Å². The highest BCUT2D eigenvalue weighted by Gasteiger charge is 2.12. The van der Waals surface area contributed by atoms with Crippen LogP contribution in [-0.2, 0) is 0 Å². The third kappa shape index (κ3) is 1.65. The van der Waals surface area contributed by atoms with Gasteiger partial charge in [-0.2, -0.15) is 0 Å². The van der Waals surface area contributed by atoms with Gasteiger partial charge < -0.3 is 0 Å². The minimum absolute atomic E-state index is 0.983. The largest absolute Gasteiger partial charge is 0.295 e. The Morgan fingerprint density at radius 1 is 1.10 bits per heavy atom. The first-order chi connectivity index (χ1) is 9.72. The summed E-state index contributed by atoms with van der Waals surface area (Å²) >= 11 is 1.71. The van der Waals surface area contributed by atoms with Gasteiger partial charge in [0.05, 0.1) is 16.4 Å². The second-order valence-electron chi connectivity index (χ2n) is 5.00. The lowest BCUT2D eigenvalue weighted by Crippen LogP contribution is -1.94. The summed E-state index contributed by atoms with van der Waals surface area (Å²) in [4.78, 5) is 9.24. The summed E-state index contributed by atoms with van der Waals surface area (Å²) in [5.74, 6) is 0. The van der Waals surface area contributed by atoms with E-state index in [2.05, 4.69) is 47.5 Å². The predicted octanol–water partition coefficient (Wildman–Crippen LogP) is 4.23. The normalized spacial score (nSPS) is 11.5. The number of imidazole rings is 1. The Kier molecular flexibility index (Phi) is 2.41. The molecule has 3 nitrogen and oxygen atoms in total. The van der Waals surface area contributed by atoms with Crippen LogP contribution >= 0.6 is 11.3 Å².